The van der Waals surface area contributed by atoms with Gasteiger partial charge in [0.2, 0.25) is 11.8 Å². The Labute approximate surface area is 120 Å². The normalized spacial score (nSPS) is 10.9. The molecule has 0 N–H and O–H groups in total. The number of rotatable bonds is 1. The van der Waals surface area contributed by atoms with Crippen molar-refractivity contribution in [3.63, 3.8) is 0 Å². The van der Waals surface area contributed by atoms with Crippen LogP contribution >= 0.6 is 11.3 Å². The first-order chi connectivity index (χ1) is 9.59. The summed E-state index contributed by atoms with van der Waals surface area (Å²) in [5, 5.41) is 2.05. The van der Waals surface area contributed by atoms with Crippen LogP contribution in [0, 0.1) is 0 Å². The van der Waals surface area contributed by atoms with Crippen molar-refractivity contribution in [2.24, 2.45) is 0 Å². The van der Waals surface area contributed by atoms with E-state index in [1.807, 2.05) is 36.4 Å². The first-order valence-corrected chi connectivity index (χ1v) is 7.13. The van der Waals surface area contributed by atoms with Crippen LogP contribution in [0.2, 0.25) is 0 Å². The Kier molecular flexibility index (Phi) is 3.03. The molecular weight excluding hydrogens is 270 g/mol. The van der Waals surface area contributed by atoms with Crippen LogP contribution in [0.1, 0.15) is 13.8 Å². The summed E-state index contributed by atoms with van der Waals surface area (Å²) < 4.78 is 2.23. The van der Waals surface area contributed by atoms with Gasteiger partial charge in [0.15, 0.2) is 0 Å². The number of nitrogens with zero attached hydrogens (tertiary/aromatic N) is 1. The number of amides is 2. The molecule has 0 unspecified atom stereocenters. The summed E-state index contributed by atoms with van der Waals surface area (Å²) in [5.41, 5.74) is 0.667. The highest BCUT2D eigenvalue weighted by molar-refractivity contribution is 7.26. The largest absolute Gasteiger partial charge is 0.274 e. The van der Waals surface area contributed by atoms with E-state index < -0.39 is 0 Å². The Morgan fingerprint density at radius 3 is 2.25 bits per heavy atom. The van der Waals surface area contributed by atoms with E-state index in [9.17, 15) is 9.59 Å². The van der Waals surface area contributed by atoms with Gasteiger partial charge in [0.05, 0.1) is 5.69 Å². The number of hydrogen-bond donors (Lipinski definition) is 0. The van der Waals surface area contributed by atoms with E-state index in [2.05, 4.69) is 6.07 Å². The molecule has 1 aromatic heterocycles. The van der Waals surface area contributed by atoms with Gasteiger partial charge in [0, 0.05) is 34.0 Å². The van der Waals surface area contributed by atoms with Crippen molar-refractivity contribution in [2.45, 2.75) is 13.8 Å². The minimum absolute atomic E-state index is 0.264. The third-order valence-corrected chi connectivity index (χ3v) is 4.39. The van der Waals surface area contributed by atoms with Gasteiger partial charge in [-0.2, -0.15) is 0 Å². The molecule has 0 saturated heterocycles. The Hall–Kier alpha value is -2.20. The van der Waals surface area contributed by atoms with Crippen molar-refractivity contribution in [3.8, 4) is 0 Å². The second-order valence-corrected chi connectivity index (χ2v) is 5.71. The molecule has 0 bridgehead atoms. The fraction of sp³-hybridized carbons (Fsp3) is 0.125. The molecule has 2 amide bonds. The maximum Gasteiger partial charge on any atom is 0.230 e. The van der Waals surface area contributed by atoms with Crippen LogP contribution in [0.3, 0.4) is 0 Å². The van der Waals surface area contributed by atoms with Crippen molar-refractivity contribution in [1.29, 1.82) is 0 Å². The van der Waals surface area contributed by atoms with E-state index in [1.54, 1.807) is 11.3 Å². The molecule has 0 aliphatic carbocycles. The average Bonchev–Trinajstić information content (AvgIpc) is 2.77. The molecule has 2 aromatic carbocycles. The van der Waals surface area contributed by atoms with Gasteiger partial charge >= 0.3 is 0 Å². The lowest BCUT2D eigenvalue weighted by Gasteiger charge is -2.18. The fourth-order valence-electron chi connectivity index (χ4n) is 2.50. The van der Waals surface area contributed by atoms with Crippen molar-refractivity contribution in [1.82, 2.24) is 0 Å². The van der Waals surface area contributed by atoms with E-state index in [0.717, 1.165) is 20.2 Å². The van der Waals surface area contributed by atoms with Gasteiger partial charge in [-0.3, -0.25) is 14.5 Å². The lowest BCUT2D eigenvalue weighted by molar-refractivity contribution is -0.124. The molecule has 100 valence electrons. The molecule has 20 heavy (non-hydrogen) atoms. The summed E-state index contributed by atoms with van der Waals surface area (Å²) in [6, 6.07) is 13.8. The van der Waals surface area contributed by atoms with Crippen LogP contribution in [0.5, 0.6) is 0 Å². The molecule has 0 aliphatic heterocycles. The first-order valence-electron chi connectivity index (χ1n) is 6.31. The zero-order valence-electron chi connectivity index (χ0n) is 11.2. The summed E-state index contributed by atoms with van der Waals surface area (Å²) in [5.74, 6) is -0.527. The van der Waals surface area contributed by atoms with E-state index in [-0.39, 0.29) is 11.8 Å². The lowest BCUT2D eigenvalue weighted by Crippen LogP contribution is -2.33. The second kappa shape index (κ2) is 4.72. The number of carbonyl (C=O) groups excluding carboxylic acids is 2. The zero-order valence-corrected chi connectivity index (χ0v) is 12.0. The lowest BCUT2D eigenvalue weighted by atomic mass is 10.1. The molecule has 0 atom stereocenters. The number of thiophene rings is 1. The van der Waals surface area contributed by atoms with Crippen LogP contribution in [0.25, 0.3) is 20.2 Å². The Morgan fingerprint density at radius 2 is 1.55 bits per heavy atom. The monoisotopic (exact) mass is 283 g/mol. The highest BCUT2D eigenvalue weighted by Gasteiger charge is 2.20. The topological polar surface area (TPSA) is 37.4 Å². The van der Waals surface area contributed by atoms with E-state index in [0.29, 0.717) is 5.69 Å². The molecule has 3 nitrogen and oxygen atoms in total. The summed E-state index contributed by atoms with van der Waals surface area (Å²) in [6.07, 6.45) is 0. The molecule has 0 saturated carbocycles. The number of anilines is 1. The maximum absolute atomic E-state index is 11.8. The standard InChI is InChI=1S/C16H13NO2S/c1-10(18)17(11(2)19)13-7-5-9-15-16(13)12-6-3-4-8-14(12)20-15/h3-9H,1-2H3. The van der Waals surface area contributed by atoms with Crippen molar-refractivity contribution in [2.75, 3.05) is 4.90 Å². The summed E-state index contributed by atoms with van der Waals surface area (Å²) in [6.45, 7) is 2.82. The van der Waals surface area contributed by atoms with Crippen molar-refractivity contribution < 1.29 is 9.59 Å². The summed E-state index contributed by atoms with van der Waals surface area (Å²) in [7, 11) is 0. The molecule has 1 heterocycles. The van der Waals surface area contributed by atoms with Gasteiger partial charge in [0.1, 0.15) is 0 Å². The first kappa shape index (κ1) is 12.8. The van der Waals surface area contributed by atoms with Crippen molar-refractivity contribution in [3.05, 3.63) is 42.5 Å². The third kappa shape index (κ3) is 1.89. The molecule has 3 rings (SSSR count). The molecule has 0 radical (unpaired) electrons. The number of benzene rings is 2. The number of fused-ring (bicyclic) bond motifs is 3. The smallest absolute Gasteiger partial charge is 0.230 e. The molecule has 0 fully saturated rings. The molecule has 3 aromatic rings. The van der Waals surface area contributed by atoms with Crippen molar-refractivity contribution >= 4 is 49.0 Å². The second-order valence-electron chi connectivity index (χ2n) is 4.62. The molecule has 0 aliphatic rings. The Balaban J connectivity index is 2.41. The van der Waals surface area contributed by atoms with Gasteiger partial charge in [-0.15, -0.1) is 11.3 Å². The van der Waals surface area contributed by atoms with Gasteiger partial charge in [-0.1, -0.05) is 24.3 Å². The van der Waals surface area contributed by atoms with Gasteiger partial charge in [-0.25, -0.2) is 0 Å². The minimum Gasteiger partial charge on any atom is -0.274 e. The van der Waals surface area contributed by atoms with E-state index in [4.69, 9.17) is 0 Å². The predicted octanol–water partition coefficient (Wildman–Crippen LogP) is 3.95. The van der Waals surface area contributed by atoms with Crippen LogP contribution in [0.15, 0.2) is 42.5 Å². The third-order valence-electron chi connectivity index (χ3n) is 3.25. The fourth-order valence-corrected chi connectivity index (χ4v) is 3.63. The molecule has 0 spiro atoms. The van der Waals surface area contributed by atoms with Gasteiger partial charge < -0.3 is 0 Å². The Bertz CT molecular complexity index is 821. The van der Waals surface area contributed by atoms with Crippen LogP contribution in [0.4, 0.5) is 5.69 Å². The van der Waals surface area contributed by atoms with Crippen LogP contribution in [-0.4, -0.2) is 11.8 Å². The quantitative estimate of drug-likeness (QED) is 0.678. The van der Waals surface area contributed by atoms with E-state index >= 15 is 0 Å². The van der Waals surface area contributed by atoms with Crippen LogP contribution in [-0.2, 0) is 9.59 Å². The molecular formula is C16H13NO2S. The van der Waals surface area contributed by atoms with Crippen LogP contribution < -0.4 is 4.90 Å². The number of carbonyl (C=O) groups is 2. The summed E-state index contributed by atoms with van der Waals surface area (Å²) >= 11 is 1.67. The highest BCUT2D eigenvalue weighted by Crippen LogP contribution is 2.39. The predicted molar refractivity (Wildman–Crippen MR) is 83.2 cm³/mol. The SMILES string of the molecule is CC(=O)N(C(C)=O)c1cccc2sc3ccccc3c12. The average molecular weight is 283 g/mol. The van der Waals surface area contributed by atoms with Gasteiger partial charge in [0.25, 0.3) is 0 Å². The number of hydrogen-bond acceptors (Lipinski definition) is 3. The van der Waals surface area contributed by atoms with E-state index in [1.165, 1.54) is 18.7 Å². The molecule has 4 heteroatoms. The zero-order chi connectivity index (χ0) is 14.3. The highest BCUT2D eigenvalue weighted by atomic mass is 32.1. The minimum atomic E-state index is -0.264. The number of imide groups is 1. The maximum atomic E-state index is 11.8. The Morgan fingerprint density at radius 1 is 0.900 bits per heavy atom. The van der Waals surface area contributed by atoms with Gasteiger partial charge in [-0.05, 0) is 18.2 Å². The summed E-state index contributed by atoms with van der Waals surface area (Å²) in [4.78, 5) is 24.8.